The molecule has 8 nitrogen and oxygen atoms in total. The van der Waals surface area contributed by atoms with Crippen LogP contribution >= 0.6 is 22.7 Å². The molecule has 0 saturated carbocycles. The number of hydrogen-bond donors (Lipinski definition) is 3. The Hall–Kier alpha value is -1.30. The fourth-order valence-electron chi connectivity index (χ4n) is 0.964. The quantitative estimate of drug-likeness (QED) is 0.686. The van der Waals surface area contributed by atoms with E-state index in [2.05, 4.69) is 19.9 Å². The Morgan fingerprint density at radius 1 is 1.47 bits per heavy atom. The van der Waals surface area contributed by atoms with Gasteiger partial charge in [-0.1, -0.05) is 22.7 Å². The van der Waals surface area contributed by atoms with Crippen LogP contribution in [0.25, 0.3) is 0 Å². The van der Waals surface area contributed by atoms with E-state index in [0.717, 1.165) is 22.7 Å². The van der Waals surface area contributed by atoms with E-state index in [1.807, 2.05) is 0 Å². The van der Waals surface area contributed by atoms with Gasteiger partial charge in [0.2, 0.25) is 9.47 Å². The highest BCUT2D eigenvalue weighted by Gasteiger charge is 2.19. The van der Waals surface area contributed by atoms with Crippen molar-refractivity contribution in [3.8, 4) is 0 Å². The number of aromatic nitrogens is 3. The Labute approximate surface area is 104 Å². The lowest BCUT2D eigenvalue weighted by Gasteiger charge is -2.00. The number of hydrogen-bond acceptors (Lipinski definition) is 8. The minimum Gasteiger partial charge on any atom is -0.374 e. The van der Waals surface area contributed by atoms with E-state index in [1.54, 1.807) is 5.38 Å². The molecule has 0 radical (unpaired) electrons. The zero-order valence-electron chi connectivity index (χ0n) is 8.21. The number of rotatable bonds is 4. The molecule has 0 unspecified atom stereocenters. The van der Waals surface area contributed by atoms with E-state index in [-0.39, 0.29) is 20.9 Å². The molecule has 0 aliphatic carbocycles. The highest BCUT2D eigenvalue weighted by Crippen LogP contribution is 2.16. The molecule has 11 heteroatoms. The maximum Gasteiger partial charge on any atom is 0.304 e. The van der Waals surface area contributed by atoms with Crippen molar-refractivity contribution >= 4 is 37.8 Å². The normalized spacial score (nSPS) is 11.8. The largest absolute Gasteiger partial charge is 0.374 e. The first-order valence-electron chi connectivity index (χ1n) is 4.23. The Kier molecular flexibility index (Phi) is 3.24. The van der Waals surface area contributed by atoms with Crippen LogP contribution in [0.15, 0.2) is 14.5 Å². The van der Waals surface area contributed by atoms with Crippen molar-refractivity contribution in [2.45, 2.75) is 10.9 Å². The van der Waals surface area contributed by atoms with Gasteiger partial charge in [-0.25, -0.2) is 13.1 Å². The van der Waals surface area contributed by atoms with Crippen LogP contribution in [0.3, 0.4) is 0 Å². The Balaban J connectivity index is 2.11. The van der Waals surface area contributed by atoms with Gasteiger partial charge >= 0.3 is 4.87 Å². The van der Waals surface area contributed by atoms with E-state index >= 15 is 0 Å². The molecule has 0 fully saturated rings. The monoisotopic (exact) mass is 293 g/mol. The van der Waals surface area contributed by atoms with Crippen LogP contribution in [0.4, 0.5) is 5.13 Å². The van der Waals surface area contributed by atoms with Crippen molar-refractivity contribution in [2.75, 3.05) is 5.73 Å². The molecule has 0 spiro atoms. The van der Waals surface area contributed by atoms with Gasteiger partial charge in [-0.15, -0.1) is 10.2 Å². The third kappa shape index (κ3) is 2.88. The van der Waals surface area contributed by atoms with Crippen LogP contribution in [0.2, 0.25) is 0 Å². The fraction of sp³-hybridized carbons (Fsp3) is 0.167. The number of H-pyrrole nitrogens is 1. The second-order valence-electron chi connectivity index (χ2n) is 2.90. The first kappa shape index (κ1) is 12.2. The zero-order chi connectivity index (χ0) is 12.5. The van der Waals surface area contributed by atoms with Crippen LogP contribution < -0.4 is 15.3 Å². The summed E-state index contributed by atoms with van der Waals surface area (Å²) in [5.41, 5.74) is 5.78. The molecule has 2 aromatic heterocycles. The van der Waals surface area contributed by atoms with Gasteiger partial charge in [-0.2, -0.15) is 0 Å². The fourth-order valence-corrected chi connectivity index (χ4v) is 3.38. The molecule has 0 amide bonds. The molecular weight excluding hydrogens is 286 g/mol. The number of nitrogens with one attached hydrogen (secondary N) is 2. The number of nitrogens with zero attached hydrogens (tertiary/aromatic N) is 2. The van der Waals surface area contributed by atoms with Gasteiger partial charge in [0.15, 0.2) is 0 Å². The number of sulfonamides is 1. The molecule has 0 aromatic carbocycles. The third-order valence-corrected chi connectivity index (χ3v) is 4.92. The summed E-state index contributed by atoms with van der Waals surface area (Å²) < 4.78 is 25.4. The molecule has 2 aromatic rings. The van der Waals surface area contributed by atoms with E-state index < -0.39 is 10.0 Å². The van der Waals surface area contributed by atoms with E-state index in [9.17, 15) is 13.2 Å². The number of anilines is 1. The molecule has 2 heterocycles. The molecule has 0 saturated heterocycles. The Morgan fingerprint density at radius 3 is 2.76 bits per heavy atom. The maximum atomic E-state index is 11.7. The zero-order valence-corrected chi connectivity index (χ0v) is 10.7. The highest BCUT2D eigenvalue weighted by atomic mass is 32.2. The molecule has 4 N–H and O–H groups in total. The number of nitrogens with two attached hydrogens (primary N) is 1. The van der Waals surface area contributed by atoms with Crippen LogP contribution in [-0.2, 0) is 16.6 Å². The summed E-state index contributed by atoms with van der Waals surface area (Å²) in [5.74, 6) is 0. The molecule has 0 aliphatic heterocycles. The lowest BCUT2D eigenvalue weighted by molar-refractivity contribution is 0.578. The van der Waals surface area contributed by atoms with Crippen LogP contribution in [0.5, 0.6) is 0 Å². The van der Waals surface area contributed by atoms with Crippen molar-refractivity contribution in [1.29, 1.82) is 0 Å². The Morgan fingerprint density at radius 2 is 2.24 bits per heavy atom. The van der Waals surface area contributed by atoms with E-state index in [4.69, 9.17) is 5.73 Å². The summed E-state index contributed by atoms with van der Waals surface area (Å²) in [6, 6.07) is 0. The van der Waals surface area contributed by atoms with Crippen LogP contribution in [0.1, 0.15) is 5.69 Å². The molecule has 0 bridgehead atoms. The Bertz CT molecular complexity index is 669. The minimum atomic E-state index is -3.73. The summed E-state index contributed by atoms with van der Waals surface area (Å²) in [4.78, 5) is 13.1. The van der Waals surface area contributed by atoms with Crippen LogP contribution in [-0.4, -0.2) is 23.6 Å². The minimum absolute atomic E-state index is 0.0133. The molecule has 0 atom stereocenters. The van der Waals surface area contributed by atoms with Crippen LogP contribution in [0, 0.1) is 0 Å². The van der Waals surface area contributed by atoms with Crippen molar-refractivity contribution in [3.05, 3.63) is 20.7 Å². The van der Waals surface area contributed by atoms with Gasteiger partial charge in [0.25, 0.3) is 10.0 Å². The summed E-state index contributed by atoms with van der Waals surface area (Å²) in [5, 5.41) is 8.46. The van der Waals surface area contributed by atoms with Gasteiger partial charge in [0.1, 0.15) is 0 Å². The van der Waals surface area contributed by atoms with Gasteiger partial charge in [-0.3, -0.25) is 4.79 Å². The summed E-state index contributed by atoms with van der Waals surface area (Å²) in [7, 11) is -3.73. The number of thiazole rings is 1. The van der Waals surface area contributed by atoms with E-state index in [1.165, 1.54) is 0 Å². The first-order valence-corrected chi connectivity index (χ1v) is 7.40. The van der Waals surface area contributed by atoms with Crippen molar-refractivity contribution in [2.24, 2.45) is 0 Å². The SMILES string of the molecule is Nc1nnc(S(=O)(=O)NCc2csc(=O)[nH]2)s1. The molecule has 2 rings (SSSR count). The lowest BCUT2D eigenvalue weighted by atomic mass is 10.5. The predicted octanol–water partition coefficient (Wildman–Crippen LogP) is -0.651. The maximum absolute atomic E-state index is 11.7. The third-order valence-electron chi connectivity index (χ3n) is 1.68. The summed E-state index contributed by atoms with van der Waals surface area (Å²) >= 11 is 1.73. The second kappa shape index (κ2) is 4.52. The second-order valence-corrected chi connectivity index (χ2v) is 6.70. The molecular formula is C6H7N5O3S3. The van der Waals surface area contributed by atoms with Crippen molar-refractivity contribution in [1.82, 2.24) is 19.9 Å². The average molecular weight is 293 g/mol. The smallest absolute Gasteiger partial charge is 0.304 e. The van der Waals surface area contributed by atoms with Gasteiger partial charge in [0.05, 0.1) is 6.54 Å². The van der Waals surface area contributed by atoms with Gasteiger partial charge < -0.3 is 10.7 Å². The standard InChI is InChI=1S/C6H7N5O3S3/c7-4-10-11-6(16-4)17(13,14)8-1-3-2-15-5(12)9-3/h2,8H,1H2,(H2,7,10)(H,9,12). The first-order chi connectivity index (χ1) is 7.97. The molecule has 0 aliphatic rings. The topological polar surface area (TPSA) is 131 Å². The van der Waals surface area contributed by atoms with Crippen molar-refractivity contribution < 1.29 is 8.42 Å². The lowest BCUT2D eigenvalue weighted by Crippen LogP contribution is -2.23. The van der Waals surface area contributed by atoms with E-state index in [0.29, 0.717) is 5.69 Å². The summed E-state index contributed by atoms with van der Waals surface area (Å²) in [6.07, 6.45) is 0. The predicted molar refractivity (Wildman–Crippen MR) is 63.3 cm³/mol. The summed E-state index contributed by atoms with van der Waals surface area (Å²) in [6.45, 7) is -0.0133. The molecule has 17 heavy (non-hydrogen) atoms. The van der Waals surface area contributed by atoms with Crippen molar-refractivity contribution in [3.63, 3.8) is 0 Å². The average Bonchev–Trinajstić information content (AvgIpc) is 2.85. The van der Waals surface area contributed by atoms with Gasteiger partial charge in [-0.05, 0) is 0 Å². The molecule has 92 valence electrons. The number of aromatic amines is 1. The number of nitrogen functional groups attached to an aromatic ring is 1. The highest BCUT2D eigenvalue weighted by molar-refractivity contribution is 7.91. The van der Waals surface area contributed by atoms with Gasteiger partial charge in [0, 0.05) is 11.1 Å².